The maximum absolute atomic E-state index is 12.1. The van der Waals surface area contributed by atoms with Crippen LogP contribution in [0.3, 0.4) is 0 Å². The van der Waals surface area contributed by atoms with Gasteiger partial charge < -0.3 is 9.73 Å². The van der Waals surface area contributed by atoms with E-state index in [4.69, 9.17) is 4.42 Å². The molecule has 3 N–H and O–H groups in total. The van der Waals surface area contributed by atoms with E-state index in [1.807, 2.05) is 6.92 Å². The topological polar surface area (TPSA) is 121 Å². The first-order valence-corrected chi connectivity index (χ1v) is 7.14. The van der Waals surface area contributed by atoms with Crippen molar-refractivity contribution in [3.8, 4) is 0 Å². The highest BCUT2D eigenvalue weighted by Crippen LogP contribution is 2.20. The standard InChI is InChI=1S/C12H14N4O4S/c1-2-8(9(17)13-6-7-4-3-5-20-7)21-11-10(18)14-12(19)16-15-11/h3-5,8H,2,6H2,1H3,(H,13,17)(H2,14,16,18,19)/t8-/m0/s1. The zero-order valence-electron chi connectivity index (χ0n) is 11.2. The molecule has 1 amide bonds. The second-order valence-corrected chi connectivity index (χ2v) is 5.32. The Morgan fingerprint density at radius 1 is 1.52 bits per heavy atom. The predicted molar refractivity (Wildman–Crippen MR) is 76.0 cm³/mol. The number of aromatic amines is 2. The number of nitrogens with zero attached hydrogens (tertiary/aromatic N) is 1. The van der Waals surface area contributed by atoms with Crippen LogP contribution in [0.5, 0.6) is 0 Å². The van der Waals surface area contributed by atoms with Crippen molar-refractivity contribution in [2.45, 2.75) is 30.2 Å². The minimum Gasteiger partial charge on any atom is -0.467 e. The zero-order chi connectivity index (χ0) is 15.2. The van der Waals surface area contributed by atoms with Gasteiger partial charge in [0.15, 0.2) is 5.03 Å². The first-order chi connectivity index (χ1) is 10.1. The molecule has 2 aromatic heterocycles. The third kappa shape index (κ3) is 4.09. The van der Waals surface area contributed by atoms with Gasteiger partial charge in [0.25, 0.3) is 5.56 Å². The van der Waals surface area contributed by atoms with Crippen LogP contribution >= 0.6 is 11.8 Å². The fourth-order valence-electron chi connectivity index (χ4n) is 1.57. The Labute approximate surface area is 123 Å². The molecule has 0 radical (unpaired) electrons. The smallest absolute Gasteiger partial charge is 0.342 e. The Morgan fingerprint density at radius 2 is 2.33 bits per heavy atom. The van der Waals surface area contributed by atoms with Gasteiger partial charge in [0.2, 0.25) is 5.91 Å². The number of nitrogens with one attached hydrogen (secondary N) is 3. The fourth-order valence-corrected chi connectivity index (χ4v) is 2.46. The third-order valence-corrected chi connectivity index (χ3v) is 3.95. The molecule has 0 bridgehead atoms. The van der Waals surface area contributed by atoms with E-state index in [0.29, 0.717) is 12.2 Å². The summed E-state index contributed by atoms with van der Waals surface area (Å²) in [5.41, 5.74) is -1.29. The lowest BCUT2D eigenvalue weighted by molar-refractivity contribution is -0.120. The van der Waals surface area contributed by atoms with Gasteiger partial charge in [-0.05, 0) is 18.6 Å². The van der Waals surface area contributed by atoms with Crippen LogP contribution in [0.2, 0.25) is 0 Å². The Morgan fingerprint density at radius 3 is 2.95 bits per heavy atom. The molecule has 0 aliphatic heterocycles. The van der Waals surface area contributed by atoms with Gasteiger partial charge in [-0.15, -0.1) is 0 Å². The molecule has 8 nitrogen and oxygen atoms in total. The lowest BCUT2D eigenvalue weighted by atomic mass is 10.3. The van der Waals surface area contributed by atoms with E-state index in [1.165, 1.54) is 6.26 Å². The van der Waals surface area contributed by atoms with Gasteiger partial charge in [0, 0.05) is 0 Å². The molecule has 2 aromatic rings. The van der Waals surface area contributed by atoms with Crippen molar-refractivity contribution in [1.29, 1.82) is 0 Å². The molecule has 0 fully saturated rings. The van der Waals surface area contributed by atoms with Gasteiger partial charge in [-0.25, -0.2) is 9.89 Å². The largest absolute Gasteiger partial charge is 0.467 e. The summed E-state index contributed by atoms with van der Waals surface area (Å²) in [6.45, 7) is 2.10. The van der Waals surface area contributed by atoms with Crippen LogP contribution in [-0.4, -0.2) is 26.3 Å². The van der Waals surface area contributed by atoms with Crippen molar-refractivity contribution in [1.82, 2.24) is 20.5 Å². The number of H-pyrrole nitrogens is 2. The first-order valence-electron chi connectivity index (χ1n) is 6.26. The van der Waals surface area contributed by atoms with E-state index in [9.17, 15) is 14.4 Å². The van der Waals surface area contributed by atoms with Crippen LogP contribution in [0.25, 0.3) is 0 Å². The highest BCUT2D eigenvalue weighted by atomic mass is 32.2. The number of furan rings is 1. The zero-order valence-corrected chi connectivity index (χ0v) is 12.0. The Kier molecular flexibility index (Phi) is 4.99. The molecule has 0 aliphatic carbocycles. The molecule has 112 valence electrons. The van der Waals surface area contributed by atoms with Crippen LogP contribution in [0.1, 0.15) is 19.1 Å². The summed E-state index contributed by atoms with van der Waals surface area (Å²) < 4.78 is 5.12. The van der Waals surface area contributed by atoms with E-state index in [2.05, 4.69) is 20.5 Å². The van der Waals surface area contributed by atoms with Crippen LogP contribution in [0.4, 0.5) is 0 Å². The van der Waals surface area contributed by atoms with Gasteiger partial charge in [-0.1, -0.05) is 18.7 Å². The van der Waals surface area contributed by atoms with Gasteiger partial charge in [-0.2, -0.15) is 5.10 Å². The van der Waals surface area contributed by atoms with Crippen LogP contribution < -0.4 is 16.6 Å². The fraction of sp³-hybridized carbons (Fsp3) is 0.333. The number of hydrogen-bond donors (Lipinski definition) is 3. The number of carbonyl (C=O) groups excluding carboxylic acids is 1. The van der Waals surface area contributed by atoms with Gasteiger partial charge >= 0.3 is 5.69 Å². The average Bonchev–Trinajstić information content (AvgIpc) is 2.97. The van der Waals surface area contributed by atoms with Crippen molar-refractivity contribution in [2.75, 3.05) is 0 Å². The van der Waals surface area contributed by atoms with E-state index in [-0.39, 0.29) is 17.5 Å². The number of aromatic nitrogens is 3. The van der Waals surface area contributed by atoms with Crippen LogP contribution in [-0.2, 0) is 11.3 Å². The third-order valence-electron chi connectivity index (χ3n) is 2.61. The van der Waals surface area contributed by atoms with E-state index < -0.39 is 16.5 Å². The summed E-state index contributed by atoms with van der Waals surface area (Å²) in [6.07, 6.45) is 2.03. The second-order valence-electron chi connectivity index (χ2n) is 4.12. The molecule has 2 heterocycles. The molecule has 9 heteroatoms. The molecule has 0 aliphatic rings. The first kappa shape index (κ1) is 15.1. The number of amides is 1. The second kappa shape index (κ2) is 6.93. The molecule has 21 heavy (non-hydrogen) atoms. The molecule has 0 aromatic carbocycles. The summed E-state index contributed by atoms with van der Waals surface area (Å²) in [6, 6.07) is 3.49. The maximum atomic E-state index is 12.1. The Hall–Kier alpha value is -2.29. The molecular weight excluding hydrogens is 296 g/mol. The lowest BCUT2D eigenvalue weighted by Crippen LogP contribution is -2.33. The quantitative estimate of drug-likeness (QED) is 0.657. The van der Waals surface area contributed by atoms with Crippen molar-refractivity contribution in [2.24, 2.45) is 0 Å². The van der Waals surface area contributed by atoms with Crippen molar-refractivity contribution in [3.63, 3.8) is 0 Å². The summed E-state index contributed by atoms with van der Waals surface area (Å²) in [7, 11) is 0. The van der Waals surface area contributed by atoms with Crippen molar-refractivity contribution in [3.05, 3.63) is 45.0 Å². The SMILES string of the molecule is CC[C@H](Sc1n[nH]c(=O)[nH]c1=O)C(=O)NCc1ccco1. The van der Waals surface area contributed by atoms with E-state index in [1.54, 1.807) is 12.1 Å². The number of hydrogen-bond acceptors (Lipinski definition) is 6. The summed E-state index contributed by atoms with van der Waals surface area (Å²) in [4.78, 5) is 36.6. The molecule has 0 saturated heterocycles. The van der Waals surface area contributed by atoms with Crippen LogP contribution in [0, 0.1) is 0 Å². The summed E-state index contributed by atoms with van der Waals surface area (Å²) >= 11 is 1.00. The Bertz CT molecular complexity index is 707. The molecule has 2 rings (SSSR count). The highest BCUT2D eigenvalue weighted by molar-refractivity contribution is 8.00. The van der Waals surface area contributed by atoms with Crippen molar-refractivity contribution >= 4 is 17.7 Å². The lowest BCUT2D eigenvalue weighted by Gasteiger charge is -2.12. The minimum atomic E-state index is -0.681. The average molecular weight is 310 g/mol. The van der Waals surface area contributed by atoms with E-state index >= 15 is 0 Å². The molecule has 0 saturated carbocycles. The molecule has 0 unspecified atom stereocenters. The highest BCUT2D eigenvalue weighted by Gasteiger charge is 2.20. The van der Waals surface area contributed by atoms with Crippen LogP contribution in [0.15, 0.2) is 37.4 Å². The number of rotatable bonds is 6. The maximum Gasteiger partial charge on any atom is 0.342 e. The minimum absolute atomic E-state index is 0.0506. The number of thioether (sulfide) groups is 1. The summed E-state index contributed by atoms with van der Waals surface area (Å²) in [5, 5.41) is 8.06. The van der Waals surface area contributed by atoms with Crippen molar-refractivity contribution < 1.29 is 9.21 Å². The monoisotopic (exact) mass is 310 g/mol. The summed E-state index contributed by atoms with van der Waals surface area (Å²) in [5.74, 6) is 0.412. The Balaban J connectivity index is 2.00. The molecular formula is C12H14N4O4S. The number of carbonyl (C=O) groups is 1. The normalized spacial score (nSPS) is 12.0. The van der Waals surface area contributed by atoms with Gasteiger partial charge in [0.1, 0.15) is 5.76 Å². The predicted octanol–water partition coefficient (Wildman–Crippen LogP) is 0.238. The molecule has 1 atom stereocenters. The molecule has 0 spiro atoms. The van der Waals surface area contributed by atoms with Gasteiger partial charge in [-0.3, -0.25) is 14.6 Å². The van der Waals surface area contributed by atoms with Gasteiger partial charge in [0.05, 0.1) is 18.1 Å². The van der Waals surface area contributed by atoms with E-state index in [0.717, 1.165) is 11.8 Å².